The fraction of sp³-hybridized carbons (Fsp3) is 0.688. The fourth-order valence-electron chi connectivity index (χ4n) is 2.59. The first-order chi connectivity index (χ1) is 11.2. The van der Waals surface area contributed by atoms with Crippen molar-refractivity contribution in [3.63, 3.8) is 0 Å². The summed E-state index contributed by atoms with van der Waals surface area (Å²) in [6.07, 6.45) is 1.99. The number of H-pyrrole nitrogens is 1. The highest BCUT2D eigenvalue weighted by molar-refractivity contribution is 5.69. The van der Waals surface area contributed by atoms with Crippen LogP contribution in [0.1, 0.15) is 45.9 Å². The summed E-state index contributed by atoms with van der Waals surface area (Å²) in [6.45, 7) is 6.49. The average molecular weight is 338 g/mol. The minimum absolute atomic E-state index is 0.268. The molecule has 0 aliphatic heterocycles. The number of aromatic amines is 1. The van der Waals surface area contributed by atoms with E-state index in [0.29, 0.717) is 43.0 Å². The monoisotopic (exact) mass is 338 g/mol. The summed E-state index contributed by atoms with van der Waals surface area (Å²) in [5.41, 5.74) is -0.837. The predicted molar refractivity (Wildman–Crippen MR) is 91.1 cm³/mol. The van der Waals surface area contributed by atoms with Crippen LogP contribution >= 0.6 is 0 Å². The SMILES string of the molecule is CCOCc1nc2c([nH]1)c(=O)n(CCCCC(C)(C)O)c(=O)n2C. The number of imidazole rings is 1. The van der Waals surface area contributed by atoms with E-state index < -0.39 is 5.60 Å². The van der Waals surface area contributed by atoms with Gasteiger partial charge in [0, 0.05) is 20.2 Å². The molecule has 0 spiro atoms. The number of aliphatic hydroxyl groups is 1. The van der Waals surface area contributed by atoms with Gasteiger partial charge in [0.1, 0.15) is 17.9 Å². The number of unbranched alkanes of at least 4 members (excludes halogenated alkanes) is 1. The smallest absolute Gasteiger partial charge is 0.332 e. The van der Waals surface area contributed by atoms with Gasteiger partial charge < -0.3 is 14.8 Å². The Morgan fingerprint density at radius 1 is 1.29 bits per heavy atom. The molecule has 0 fully saturated rings. The first-order valence-electron chi connectivity index (χ1n) is 8.23. The zero-order chi connectivity index (χ0) is 17.9. The van der Waals surface area contributed by atoms with Crippen molar-refractivity contribution in [1.29, 1.82) is 0 Å². The molecular formula is C16H26N4O4. The zero-order valence-electron chi connectivity index (χ0n) is 14.8. The average Bonchev–Trinajstić information content (AvgIpc) is 2.93. The van der Waals surface area contributed by atoms with Crippen LogP contribution in [0.3, 0.4) is 0 Å². The summed E-state index contributed by atoms with van der Waals surface area (Å²) in [4.78, 5) is 32.2. The van der Waals surface area contributed by atoms with Crippen LogP contribution in [0.2, 0.25) is 0 Å². The van der Waals surface area contributed by atoms with E-state index in [0.717, 1.165) is 6.42 Å². The first-order valence-corrected chi connectivity index (χ1v) is 8.23. The maximum absolute atomic E-state index is 12.6. The molecule has 24 heavy (non-hydrogen) atoms. The molecule has 2 N–H and O–H groups in total. The van der Waals surface area contributed by atoms with Gasteiger partial charge in [0.15, 0.2) is 5.65 Å². The molecule has 8 heteroatoms. The molecule has 2 aromatic heterocycles. The largest absolute Gasteiger partial charge is 0.390 e. The van der Waals surface area contributed by atoms with Crippen molar-refractivity contribution in [2.75, 3.05) is 6.61 Å². The second-order valence-corrected chi connectivity index (χ2v) is 6.59. The minimum atomic E-state index is -0.739. The van der Waals surface area contributed by atoms with Crippen molar-refractivity contribution in [2.45, 2.75) is 58.8 Å². The fourth-order valence-corrected chi connectivity index (χ4v) is 2.59. The van der Waals surface area contributed by atoms with E-state index in [1.165, 1.54) is 9.13 Å². The lowest BCUT2D eigenvalue weighted by Gasteiger charge is -2.16. The number of ether oxygens (including phenoxy) is 1. The number of nitrogens with zero attached hydrogens (tertiary/aromatic N) is 3. The quantitative estimate of drug-likeness (QED) is 0.696. The summed E-state index contributed by atoms with van der Waals surface area (Å²) in [5, 5.41) is 9.72. The molecule has 134 valence electrons. The van der Waals surface area contributed by atoms with Crippen LogP contribution < -0.4 is 11.2 Å². The lowest BCUT2D eigenvalue weighted by atomic mass is 10.0. The second-order valence-electron chi connectivity index (χ2n) is 6.59. The van der Waals surface area contributed by atoms with E-state index in [-0.39, 0.29) is 17.9 Å². The molecule has 0 aliphatic carbocycles. The van der Waals surface area contributed by atoms with Crippen LogP contribution in [0.15, 0.2) is 9.59 Å². The molecule has 8 nitrogen and oxygen atoms in total. The third-order valence-electron chi connectivity index (χ3n) is 3.89. The Hall–Kier alpha value is -1.93. The van der Waals surface area contributed by atoms with E-state index in [1.807, 2.05) is 6.92 Å². The summed E-state index contributed by atoms with van der Waals surface area (Å²) in [6, 6.07) is 0. The summed E-state index contributed by atoms with van der Waals surface area (Å²) in [7, 11) is 1.60. The van der Waals surface area contributed by atoms with Crippen LogP contribution in [0, 0.1) is 0 Å². The molecule has 2 heterocycles. The Labute approximate surface area is 140 Å². The summed E-state index contributed by atoms with van der Waals surface area (Å²) >= 11 is 0. The summed E-state index contributed by atoms with van der Waals surface area (Å²) in [5.74, 6) is 0.527. The number of nitrogens with one attached hydrogen (secondary N) is 1. The Balaban J connectivity index is 2.27. The lowest BCUT2D eigenvalue weighted by molar-refractivity contribution is 0.0678. The van der Waals surface area contributed by atoms with Crippen LogP contribution in [-0.2, 0) is 24.9 Å². The highest BCUT2D eigenvalue weighted by atomic mass is 16.5. The van der Waals surface area contributed by atoms with Crippen LogP contribution in [0.5, 0.6) is 0 Å². The number of aromatic nitrogens is 4. The zero-order valence-corrected chi connectivity index (χ0v) is 14.8. The minimum Gasteiger partial charge on any atom is -0.390 e. The van der Waals surface area contributed by atoms with Crippen molar-refractivity contribution in [3.8, 4) is 0 Å². The van der Waals surface area contributed by atoms with Gasteiger partial charge in [-0.05, 0) is 40.0 Å². The third-order valence-corrected chi connectivity index (χ3v) is 3.89. The van der Waals surface area contributed by atoms with Crippen molar-refractivity contribution in [3.05, 3.63) is 26.7 Å². The van der Waals surface area contributed by atoms with Crippen molar-refractivity contribution >= 4 is 11.2 Å². The molecule has 0 atom stereocenters. The van der Waals surface area contributed by atoms with Gasteiger partial charge in [0.2, 0.25) is 0 Å². The van der Waals surface area contributed by atoms with Crippen LogP contribution in [0.25, 0.3) is 11.2 Å². The van der Waals surface area contributed by atoms with Crippen LogP contribution in [0.4, 0.5) is 0 Å². The molecule has 0 radical (unpaired) electrons. The number of hydrogen-bond acceptors (Lipinski definition) is 5. The van der Waals surface area contributed by atoms with Crippen molar-refractivity contribution < 1.29 is 9.84 Å². The Morgan fingerprint density at radius 3 is 2.62 bits per heavy atom. The van der Waals surface area contributed by atoms with Gasteiger partial charge in [0.25, 0.3) is 5.56 Å². The maximum Gasteiger partial charge on any atom is 0.332 e. The van der Waals surface area contributed by atoms with Gasteiger partial charge in [-0.2, -0.15) is 0 Å². The van der Waals surface area contributed by atoms with Gasteiger partial charge in [-0.25, -0.2) is 9.78 Å². The van der Waals surface area contributed by atoms with Crippen molar-refractivity contribution in [2.24, 2.45) is 7.05 Å². The highest BCUT2D eigenvalue weighted by Gasteiger charge is 2.16. The lowest BCUT2D eigenvalue weighted by Crippen LogP contribution is -2.39. The van der Waals surface area contributed by atoms with E-state index in [2.05, 4.69) is 9.97 Å². The predicted octanol–water partition coefficient (Wildman–Crippen LogP) is 0.901. The number of hydrogen-bond donors (Lipinski definition) is 2. The van der Waals surface area contributed by atoms with Gasteiger partial charge >= 0.3 is 5.69 Å². The Morgan fingerprint density at radius 2 is 2.00 bits per heavy atom. The highest BCUT2D eigenvalue weighted by Crippen LogP contribution is 2.12. The normalized spacial score (nSPS) is 12.2. The molecule has 0 bridgehead atoms. The Bertz CT molecular complexity index is 810. The molecule has 2 aromatic rings. The van der Waals surface area contributed by atoms with Gasteiger partial charge in [0.05, 0.1) is 5.60 Å². The molecule has 0 aromatic carbocycles. The molecule has 0 amide bonds. The molecule has 2 rings (SSSR count). The standard InChI is InChI=1S/C16H26N4O4/c1-5-24-10-11-17-12-13(18-11)19(4)15(22)20(14(12)21)9-7-6-8-16(2,3)23/h23H,5-10H2,1-4H3,(H,17,18). The third kappa shape index (κ3) is 4.12. The molecule has 0 aliphatic rings. The Kier molecular flexibility index (Phi) is 5.61. The maximum atomic E-state index is 12.6. The van der Waals surface area contributed by atoms with Gasteiger partial charge in [-0.15, -0.1) is 0 Å². The van der Waals surface area contributed by atoms with E-state index >= 15 is 0 Å². The van der Waals surface area contributed by atoms with Crippen molar-refractivity contribution in [1.82, 2.24) is 19.1 Å². The van der Waals surface area contributed by atoms with Gasteiger partial charge in [-0.3, -0.25) is 13.9 Å². The number of rotatable bonds is 8. The second kappa shape index (κ2) is 7.31. The first kappa shape index (κ1) is 18.4. The molecular weight excluding hydrogens is 312 g/mol. The molecule has 0 unspecified atom stereocenters. The van der Waals surface area contributed by atoms with E-state index in [4.69, 9.17) is 4.74 Å². The van der Waals surface area contributed by atoms with Gasteiger partial charge in [-0.1, -0.05) is 0 Å². The molecule has 0 saturated carbocycles. The number of fused-ring (bicyclic) bond motifs is 1. The van der Waals surface area contributed by atoms with E-state index in [9.17, 15) is 14.7 Å². The summed E-state index contributed by atoms with van der Waals surface area (Å²) < 4.78 is 7.88. The topological polar surface area (TPSA) is 102 Å². The van der Waals surface area contributed by atoms with Crippen LogP contribution in [-0.4, -0.2) is 36.4 Å². The van der Waals surface area contributed by atoms with E-state index in [1.54, 1.807) is 20.9 Å². The number of aryl methyl sites for hydroxylation is 1. The molecule has 0 saturated heterocycles.